The molecular formula is C15H24N2O3S. The Morgan fingerprint density at radius 1 is 1.33 bits per heavy atom. The minimum Gasteiger partial charge on any atom is -0.383 e. The van der Waals surface area contributed by atoms with E-state index in [9.17, 15) is 8.42 Å². The van der Waals surface area contributed by atoms with Gasteiger partial charge in [-0.05, 0) is 37.4 Å². The molecule has 1 saturated heterocycles. The molecule has 0 spiro atoms. The van der Waals surface area contributed by atoms with Crippen LogP contribution in [-0.4, -0.2) is 52.6 Å². The predicted molar refractivity (Wildman–Crippen MR) is 82.7 cm³/mol. The molecule has 1 aromatic rings. The Morgan fingerprint density at radius 2 is 2.10 bits per heavy atom. The maximum atomic E-state index is 12.6. The van der Waals surface area contributed by atoms with Crippen LogP contribution >= 0.6 is 0 Å². The monoisotopic (exact) mass is 312 g/mol. The Balaban J connectivity index is 1.94. The fourth-order valence-electron chi connectivity index (χ4n) is 2.63. The molecule has 5 nitrogen and oxygen atoms in total. The molecule has 0 radical (unpaired) electrons. The van der Waals surface area contributed by atoms with E-state index in [1.807, 2.05) is 6.07 Å². The van der Waals surface area contributed by atoms with Crippen LogP contribution in [0.2, 0.25) is 0 Å². The number of methoxy groups -OCH3 is 1. The highest BCUT2D eigenvalue weighted by Crippen LogP contribution is 2.23. The zero-order chi connectivity index (χ0) is 15.1. The Labute approximate surface area is 127 Å². The average molecular weight is 312 g/mol. The number of hydrogen-bond acceptors (Lipinski definition) is 4. The fraction of sp³-hybridized carbons (Fsp3) is 0.600. The third kappa shape index (κ3) is 4.51. The van der Waals surface area contributed by atoms with Gasteiger partial charge in [0.2, 0.25) is 10.0 Å². The number of nitrogens with zero attached hydrogens (tertiary/aromatic N) is 1. The Kier molecular flexibility index (Phi) is 6.17. The number of hydrogen-bond donors (Lipinski definition) is 1. The first kappa shape index (κ1) is 16.4. The van der Waals surface area contributed by atoms with E-state index in [0.29, 0.717) is 30.5 Å². The number of sulfonamides is 1. The maximum absolute atomic E-state index is 12.6. The summed E-state index contributed by atoms with van der Waals surface area (Å²) in [6.45, 7) is 3.53. The summed E-state index contributed by atoms with van der Waals surface area (Å²) in [7, 11) is -1.67. The van der Waals surface area contributed by atoms with Crippen LogP contribution in [0.15, 0.2) is 35.2 Å². The minimum atomic E-state index is -3.35. The molecule has 1 aliphatic rings. The van der Waals surface area contributed by atoms with Crippen LogP contribution in [0, 0.1) is 5.92 Å². The van der Waals surface area contributed by atoms with E-state index in [-0.39, 0.29) is 0 Å². The quantitative estimate of drug-likeness (QED) is 0.772. The van der Waals surface area contributed by atoms with E-state index in [1.165, 1.54) is 0 Å². The van der Waals surface area contributed by atoms with E-state index in [4.69, 9.17) is 4.74 Å². The smallest absolute Gasteiger partial charge is 0.243 e. The van der Waals surface area contributed by atoms with Gasteiger partial charge in [0.25, 0.3) is 0 Å². The molecule has 6 heteroatoms. The van der Waals surface area contributed by atoms with Crippen molar-refractivity contribution < 1.29 is 13.2 Å². The summed E-state index contributed by atoms with van der Waals surface area (Å²) in [6.07, 6.45) is 1.99. The van der Waals surface area contributed by atoms with Gasteiger partial charge in [-0.15, -0.1) is 0 Å². The summed E-state index contributed by atoms with van der Waals surface area (Å²) in [6, 6.07) is 8.69. The van der Waals surface area contributed by atoms with Gasteiger partial charge in [-0.3, -0.25) is 0 Å². The van der Waals surface area contributed by atoms with Gasteiger partial charge in [0.05, 0.1) is 11.5 Å². The summed E-state index contributed by atoms with van der Waals surface area (Å²) >= 11 is 0. The normalized spacial score (nSPS) is 20.5. The summed E-state index contributed by atoms with van der Waals surface area (Å²) in [5, 5.41) is 3.32. The number of rotatable bonds is 7. The van der Waals surface area contributed by atoms with Crippen molar-refractivity contribution in [2.75, 3.05) is 39.9 Å². The molecule has 0 bridgehead atoms. The van der Waals surface area contributed by atoms with Gasteiger partial charge in [-0.1, -0.05) is 18.2 Å². The summed E-state index contributed by atoms with van der Waals surface area (Å²) in [5.41, 5.74) is 0. The van der Waals surface area contributed by atoms with E-state index >= 15 is 0 Å². The lowest BCUT2D eigenvalue weighted by Crippen LogP contribution is -2.43. The highest BCUT2D eigenvalue weighted by Gasteiger charge is 2.29. The van der Waals surface area contributed by atoms with Gasteiger partial charge in [-0.25, -0.2) is 8.42 Å². The second kappa shape index (κ2) is 7.89. The van der Waals surface area contributed by atoms with Crippen molar-refractivity contribution in [1.82, 2.24) is 9.62 Å². The highest BCUT2D eigenvalue weighted by molar-refractivity contribution is 7.89. The Morgan fingerprint density at radius 3 is 2.81 bits per heavy atom. The minimum absolute atomic E-state index is 0.370. The molecule has 1 aromatic carbocycles. The lowest BCUT2D eigenvalue weighted by molar-refractivity contribution is 0.193. The van der Waals surface area contributed by atoms with Gasteiger partial charge in [-0.2, -0.15) is 4.31 Å². The second-order valence-corrected chi connectivity index (χ2v) is 7.32. The van der Waals surface area contributed by atoms with E-state index in [1.54, 1.807) is 35.7 Å². The molecule has 1 atom stereocenters. The van der Waals surface area contributed by atoms with Gasteiger partial charge in [0.15, 0.2) is 0 Å². The van der Waals surface area contributed by atoms with Crippen LogP contribution in [0.5, 0.6) is 0 Å². The molecule has 1 unspecified atom stereocenters. The molecule has 0 saturated carbocycles. The zero-order valence-corrected chi connectivity index (χ0v) is 13.3. The van der Waals surface area contributed by atoms with Crippen molar-refractivity contribution in [1.29, 1.82) is 0 Å². The summed E-state index contributed by atoms with van der Waals surface area (Å²) < 4.78 is 31.8. The maximum Gasteiger partial charge on any atom is 0.243 e. The van der Waals surface area contributed by atoms with Gasteiger partial charge in [0.1, 0.15) is 0 Å². The van der Waals surface area contributed by atoms with Crippen molar-refractivity contribution in [3.63, 3.8) is 0 Å². The second-order valence-electron chi connectivity index (χ2n) is 5.38. The number of piperidine rings is 1. The third-order valence-electron chi connectivity index (χ3n) is 3.78. The molecule has 1 fully saturated rings. The number of nitrogens with one attached hydrogen (secondary N) is 1. The lowest BCUT2D eigenvalue weighted by Gasteiger charge is -2.32. The Bertz CT molecular complexity index is 519. The SMILES string of the molecule is COCCNCC1CCCN(S(=O)(=O)c2ccccc2)C1. The average Bonchev–Trinajstić information content (AvgIpc) is 2.53. The number of ether oxygens (including phenoxy) is 1. The first-order valence-corrected chi connectivity index (χ1v) is 8.83. The van der Waals surface area contributed by atoms with Crippen molar-refractivity contribution >= 4 is 10.0 Å². The molecular weight excluding hydrogens is 288 g/mol. The van der Waals surface area contributed by atoms with E-state index in [2.05, 4.69) is 5.32 Å². The van der Waals surface area contributed by atoms with E-state index < -0.39 is 10.0 Å². The van der Waals surface area contributed by atoms with Crippen LogP contribution in [0.25, 0.3) is 0 Å². The topological polar surface area (TPSA) is 58.6 Å². The molecule has 0 amide bonds. The van der Waals surface area contributed by atoms with E-state index in [0.717, 1.165) is 25.9 Å². The van der Waals surface area contributed by atoms with Crippen LogP contribution in [0.3, 0.4) is 0 Å². The van der Waals surface area contributed by atoms with Gasteiger partial charge < -0.3 is 10.1 Å². The predicted octanol–water partition coefficient (Wildman–Crippen LogP) is 1.32. The lowest BCUT2D eigenvalue weighted by atomic mass is 10.00. The first-order chi connectivity index (χ1) is 10.1. The molecule has 1 heterocycles. The highest BCUT2D eigenvalue weighted by atomic mass is 32.2. The van der Waals surface area contributed by atoms with Crippen LogP contribution in [0.1, 0.15) is 12.8 Å². The standard InChI is InChI=1S/C15H24N2O3S/c1-20-11-9-16-12-14-6-5-10-17(13-14)21(18,19)15-7-3-2-4-8-15/h2-4,7-8,14,16H,5-6,9-13H2,1H3. The van der Waals surface area contributed by atoms with Crippen LogP contribution in [-0.2, 0) is 14.8 Å². The largest absolute Gasteiger partial charge is 0.383 e. The molecule has 118 valence electrons. The summed E-state index contributed by atoms with van der Waals surface area (Å²) in [5.74, 6) is 0.370. The molecule has 2 rings (SSSR count). The van der Waals surface area contributed by atoms with Gasteiger partial charge >= 0.3 is 0 Å². The zero-order valence-electron chi connectivity index (χ0n) is 12.5. The first-order valence-electron chi connectivity index (χ1n) is 7.39. The fourth-order valence-corrected chi connectivity index (χ4v) is 4.21. The molecule has 1 aliphatic heterocycles. The van der Waals surface area contributed by atoms with Crippen molar-refractivity contribution in [3.05, 3.63) is 30.3 Å². The Hall–Kier alpha value is -0.950. The summed E-state index contributed by atoms with van der Waals surface area (Å²) in [4.78, 5) is 0.387. The number of benzene rings is 1. The van der Waals surface area contributed by atoms with Crippen molar-refractivity contribution in [2.45, 2.75) is 17.7 Å². The van der Waals surface area contributed by atoms with Crippen LogP contribution < -0.4 is 5.32 Å². The van der Waals surface area contributed by atoms with Gasteiger partial charge in [0, 0.05) is 26.7 Å². The van der Waals surface area contributed by atoms with Crippen LogP contribution in [0.4, 0.5) is 0 Å². The molecule has 21 heavy (non-hydrogen) atoms. The molecule has 0 aromatic heterocycles. The third-order valence-corrected chi connectivity index (χ3v) is 5.66. The van der Waals surface area contributed by atoms with Crippen molar-refractivity contribution in [2.24, 2.45) is 5.92 Å². The molecule has 1 N–H and O–H groups in total. The van der Waals surface area contributed by atoms with Crippen molar-refractivity contribution in [3.8, 4) is 0 Å². The molecule has 0 aliphatic carbocycles.